The minimum Gasteiger partial charge on any atom is -0.444 e. The van der Waals surface area contributed by atoms with Crippen LogP contribution in [0.4, 0.5) is 4.79 Å². The number of benzene rings is 2. The quantitative estimate of drug-likeness (QED) is 0.631. The molecule has 0 spiro atoms. The van der Waals surface area contributed by atoms with Crippen molar-refractivity contribution in [2.45, 2.75) is 57.2 Å². The van der Waals surface area contributed by atoms with Gasteiger partial charge in [0.05, 0.1) is 6.54 Å². The molecule has 1 atom stereocenters. The Morgan fingerprint density at radius 2 is 1.93 bits per heavy atom. The molecule has 0 aromatic heterocycles. The Balaban J connectivity index is 1.57. The van der Waals surface area contributed by atoms with Gasteiger partial charge in [0, 0.05) is 11.0 Å². The molecular weight excluding hydrogens is 430 g/mol. The third-order valence-electron chi connectivity index (χ3n) is 5.66. The zero-order valence-corrected chi connectivity index (χ0v) is 18.8. The van der Waals surface area contributed by atoms with Crippen molar-refractivity contribution in [3.63, 3.8) is 0 Å². The molecular formula is C24H28BrNO3. The lowest BCUT2D eigenvalue weighted by atomic mass is 9.90. The summed E-state index contributed by atoms with van der Waals surface area (Å²) in [6.07, 6.45) is 2.63. The van der Waals surface area contributed by atoms with E-state index in [1.54, 1.807) is 4.90 Å². The van der Waals surface area contributed by atoms with Crippen molar-refractivity contribution in [1.82, 2.24) is 4.90 Å². The third kappa shape index (κ3) is 4.36. The van der Waals surface area contributed by atoms with Crippen LogP contribution in [0.3, 0.4) is 0 Å². The zero-order valence-electron chi connectivity index (χ0n) is 17.2. The third-order valence-corrected chi connectivity index (χ3v) is 6.31. The minimum absolute atomic E-state index is 0.235. The van der Waals surface area contributed by atoms with Crippen molar-refractivity contribution in [1.29, 1.82) is 0 Å². The van der Waals surface area contributed by atoms with Gasteiger partial charge in [0.2, 0.25) is 0 Å². The van der Waals surface area contributed by atoms with Crippen molar-refractivity contribution >= 4 is 22.0 Å². The van der Waals surface area contributed by atoms with Gasteiger partial charge in [0.1, 0.15) is 11.2 Å². The summed E-state index contributed by atoms with van der Waals surface area (Å²) >= 11 is 3.68. The Labute approximate surface area is 181 Å². The number of ether oxygens (including phenoxy) is 1. The summed E-state index contributed by atoms with van der Waals surface area (Å²) in [5, 5.41) is 11.3. The van der Waals surface area contributed by atoms with Crippen LogP contribution in [0.5, 0.6) is 0 Å². The van der Waals surface area contributed by atoms with Crippen molar-refractivity contribution in [2.24, 2.45) is 0 Å². The van der Waals surface area contributed by atoms with E-state index in [1.807, 2.05) is 26.8 Å². The first-order valence-electron chi connectivity index (χ1n) is 10.3. The van der Waals surface area contributed by atoms with E-state index in [4.69, 9.17) is 4.74 Å². The van der Waals surface area contributed by atoms with Crippen LogP contribution in [0, 0.1) is 0 Å². The number of carbonyl (C=O) groups is 1. The van der Waals surface area contributed by atoms with Crippen molar-refractivity contribution < 1.29 is 14.6 Å². The SMILES string of the molecule is CC(C)(C)OC(=O)N1CCC(O)(c2ccc(-c3ccccc3C3CC3)cc2Br)C1. The molecule has 154 valence electrons. The highest BCUT2D eigenvalue weighted by Crippen LogP contribution is 2.45. The molecule has 0 radical (unpaired) electrons. The lowest BCUT2D eigenvalue weighted by molar-refractivity contribution is 0.0138. The number of halogens is 1. The number of nitrogens with zero attached hydrogens (tertiary/aromatic N) is 1. The fourth-order valence-electron chi connectivity index (χ4n) is 4.07. The molecule has 0 bridgehead atoms. The molecule has 1 aliphatic carbocycles. The van der Waals surface area contributed by atoms with Crippen LogP contribution in [-0.4, -0.2) is 34.8 Å². The monoisotopic (exact) mass is 457 g/mol. The second-order valence-electron chi connectivity index (χ2n) is 9.24. The van der Waals surface area contributed by atoms with E-state index in [-0.39, 0.29) is 12.6 Å². The average molecular weight is 458 g/mol. The maximum absolute atomic E-state index is 12.4. The summed E-state index contributed by atoms with van der Waals surface area (Å²) in [6.45, 7) is 6.26. The van der Waals surface area contributed by atoms with Gasteiger partial charge in [-0.1, -0.05) is 52.3 Å². The van der Waals surface area contributed by atoms with Gasteiger partial charge in [-0.15, -0.1) is 0 Å². The Morgan fingerprint density at radius 1 is 1.21 bits per heavy atom. The van der Waals surface area contributed by atoms with Crippen LogP contribution < -0.4 is 0 Å². The standard InChI is InChI=1S/C24H28BrNO3/c1-23(2,3)29-22(27)26-13-12-24(28,15-26)20-11-10-17(14-21(20)25)19-7-5-4-6-18(19)16-8-9-16/h4-7,10-11,14,16,28H,8-9,12-13,15H2,1-3H3. The number of amides is 1. The summed E-state index contributed by atoms with van der Waals surface area (Å²) in [4.78, 5) is 14.0. The van der Waals surface area contributed by atoms with Crippen LogP contribution in [0.25, 0.3) is 11.1 Å². The molecule has 1 N–H and O–H groups in total. The highest BCUT2D eigenvalue weighted by Gasteiger charge is 2.42. The molecule has 2 fully saturated rings. The number of carbonyl (C=O) groups excluding carboxylic acids is 1. The number of hydrogen-bond acceptors (Lipinski definition) is 3. The van der Waals surface area contributed by atoms with Gasteiger partial charge in [-0.25, -0.2) is 4.79 Å². The van der Waals surface area contributed by atoms with Gasteiger partial charge in [-0.2, -0.15) is 0 Å². The maximum Gasteiger partial charge on any atom is 0.410 e. The first-order valence-corrected chi connectivity index (χ1v) is 11.1. The topological polar surface area (TPSA) is 49.8 Å². The van der Waals surface area contributed by atoms with Crippen molar-refractivity contribution in [3.8, 4) is 11.1 Å². The molecule has 2 aliphatic rings. The van der Waals surface area contributed by atoms with Gasteiger partial charge >= 0.3 is 6.09 Å². The lowest BCUT2D eigenvalue weighted by Crippen LogP contribution is -2.38. The summed E-state index contributed by atoms with van der Waals surface area (Å²) in [6, 6.07) is 14.7. The van der Waals surface area contributed by atoms with Crippen molar-refractivity contribution in [2.75, 3.05) is 13.1 Å². The molecule has 5 heteroatoms. The van der Waals surface area contributed by atoms with Crippen LogP contribution in [0.15, 0.2) is 46.9 Å². The van der Waals surface area contributed by atoms with Gasteiger partial charge in [0.15, 0.2) is 0 Å². The fourth-order valence-corrected chi connectivity index (χ4v) is 4.81. The Kier molecular flexibility index (Phi) is 5.24. The molecule has 1 unspecified atom stereocenters. The molecule has 4 rings (SSSR count). The van der Waals surface area contributed by atoms with E-state index >= 15 is 0 Å². The number of rotatable bonds is 3. The van der Waals surface area contributed by atoms with Crippen molar-refractivity contribution in [3.05, 3.63) is 58.1 Å². The summed E-state index contributed by atoms with van der Waals surface area (Å²) in [7, 11) is 0. The van der Waals surface area contributed by atoms with Gasteiger partial charge in [-0.3, -0.25) is 0 Å². The zero-order chi connectivity index (χ0) is 20.8. The first-order chi connectivity index (χ1) is 13.7. The molecule has 1 saturated heterocycles. The van der Waals surface area contributed by atoms with Gasteiger partial charge < -0.3 is 14.7 Å². The minimum atomic E-state index is -1.08. The number of β-amino-alcohol motifs (C(OH)–C–C–N with tert-alkyl or cyclic N) is 1. The highest BCUT2D eigenvalue weighted by molar-refractivity contribution is 9.10. The number of hydrogen-bond donors (Lipinski definition) is 1. The summed E-state index contributed by atoms with van der Waals surface area (Å²) in [5.74, 6) is 0.672. The van der Waals surface area contributed by atoms with E-state index in [2.05, 4.69) is 52.3 Å². The lowest BCUT2D eigenvalue weighted by Gasteiger charge is -2.27. The average Bonchev–Trinajstić information content (AvgIpc) is 3.42. The van der Waals surface area contributed by atoms with Crippen LogP contribution >= 0.6 is 15.9 Å². The second kappa shape index (κ2) is 7.44. The first kappa shape index (κ1) is 20.4. The smallest absolute Gasteiger partial charge is 0.410 e. The number of aliphatic hydroxyl groups is 1. The van der Waals surface area contributed by atoms with Crippen LogP contribution in [0.2, 0.25) is 0 Å². The van der Waals surface area contributed by atoms with Gasteiger partial charge in [-0.05, 0) is 74.3 Å². The Bertz CT molecular complexity index is 932. The Hall–Kier alpha value is -1.85. The predicted molar refractivity (Wildman–Crippen MR) is 118 cm³/mol. The van der Waals surface area contributed by atoms with E-state index in [0.717, 1.165) is 15.6 Å². The normalized spacial score (nSPS) is 22.0. The molecule has 1 amide bonds. The second-order valence-corrected chi connectivity index (χ2v) is 10.1. The molecule has 2 aromatic rings. The fraction of sp³-hybridized carbons (Fsp3) is 0.458. The van der Waals surface area contributed by atoms with E-state index in [9.17, 15) is 9.90 Å². The molecule has 4 nitrogen and oxygen atoms in total. The molecule has 2 aromatic carbocycles. The molecule has 1 saturated carbocycles. The van der Waals surface area contributed by atoms with E-state index in [1.165, 1.54) is 24.0 Å². The summed E-state index contributed by atoms with van der Waals surface area (Å²) in [5.41, 5.74) is 3.00. The maximum atomic E-state index is 12.4. The molecule has 29 heavy (non-hydrogen) atoms. The predicted octanol–water partition coefficient (Wildman–Crippen LogP) is 5.82. The number of likely N-dealkylation sites (tertiary alicyclic amines) is 1. The van der Waals surface area contributed by atoms with Crippen LogP contribution in [-0.2, 0) is 10.3 Å². The molecule has 1 aliphatic heterocycles. The van der Waals surface area contributed by atoms with Crippen LogP contribution in [0.1, 0.15) is 57.1 Å². The highest BCUT2D eigenvalue weighted by atomic mass is 79.9. The Morgan fingerprint density at radius 3 is 2.59 bits per heavy atom. The summed E-state index contributed by atoms with van der Waals surface area (Å²) < 4.78 is 6.33. The largest absolute Gasteiger partial charge is 0.444 e. The van der Waals surface area contributed by atoms with E-state index in [0.29, 0.717) is 18.9 Å². The van der Waals surface area contributed by atoms with Gasteiger partial charge in [0.25, 0.3) is 0 Å². The van der Waals surface area contributed by atoms with E-state index < -0.39 is 11.2 Å². The molecule has 1 heterocycles.